The molecule has 1 aliphatic heterocycles. The Morgan fingerprint density at radius 3 is 2.68 bits per heavy atom. The third kappa shape index (κ3) is 4.54. The zero-order valence-corrected chi connectivity index (χ0v) is 15.0. The Balaban J connectivity index is 1.52. The maximum atomic E-state index is 11.4. The van der Waals surface area contributed by atoms with Gasteiger partial charge in [0.2, 0.25) is 0 Å². The van der Waals surface area contributed by atoms with E-state index in [9.17, 15) is 4.79 Å². The highest BCUT2D eigenvalue weighted by molar-refractivity contribution is 5.47. The van der Waals surface area contributed by atoms with E-state index in [1.165, 1.54) is 4.68 Å². The van der Waals surface area contributed by atoms with Crippen LogP contribution in [0.4, 0.5) is 11.6 Å². The molecule has 1 aliphatic rings. The number of nitrogens with one attached hydrogen (secondary N) is 1. The molecule has 0 spiro atoms. The number of hydrogen-bond acceptors (Lipinski definition) is 7. The monoisotopic (exact) mass is 343 g/mol. The minimum absolute atomic E-state index is 0.0754. The predicted octanol–water partition coefficient (Wildman–Crippen LogP) is 0.713. The number of piperidine rings is 1. The highest BCUT2D eigenvalue weighted by Gasteiger charge is 2.20. The third-order valence-corrected chi connectivity index (χ3v) is 4.45. The second-order valence-corrected chi connectivity index (χ2v) is 6.64. The van der Waals surface area contributed by atoms with E-state index in [1.54, 1.807) is 19.4 Å². The van der Waals surface area contributed by atoms with Crippen LogP contribution in [-0.4, -0.2) is 57.9 Å². The van der Waals surface area contributed by atoms with Gasteiger partial charge in [-0.15, -0.1) is 0 Å². The van der Waals surface area contributed by atoms with Crippen molar-refractivity contribution in [2.75, 3.05) is 37.4 Å². The first kappa shape index (κ1) is 17.3. The first-order valence-corrected chi connectivity index (χ1v) is 8.53. The van der Waals surface area contributed by atoms with Gasteiger partial charge in [-0.2, -0.15) is 5.10 Å². The minimum Gasteiger partial charge on any atom is -0.367 e. The van der Waals surface area contributed by atoms with Gasteiger partial charge in [0, 0.05) is 59.0 Å². The number of nitrogens with zero attached hydrogens (tertiary/aromatic N) is 6. The van der Waals surface area contributed by atoms with Gasteiger partial charge in [0.05, 0.1) is 5.69 Å². The van der Waals surface area contributed by atoms with Crippen LogP contribution in [0.25, 0.3) is 0 Å². The summed E-state index contributed by atoms with van der Waals surface area (Å²) in [4.78, 5) is 24.3. The first-order chi connectivity index (χ1) is 12.0. The van der Waals surface area contributed by atoms with E-state index in [-0.39, 0.29) is 5.56 Å². The molecule has 3 heterocycles. The SMILES string of the molecule is CN(C)c1cc(NC2CCN(Cc3ccc(=O)n(C)n3)CC2)ncn1. The topological polar surface area (TPSA) is 79.2 Å². The molecule has 3 rings (SSSR count). The Labute approximate surface area is 147 Å². The molecule has 8 heteroatoms. The quantitative estimate of drug-likeness (QED) is 0.856. The van der Waals surface area contributed by atoms with E-state index in [0.29, 0.717) is 6.04 Å². The molecule has 1 fully saturated rings. The van der Waals surface area contributed by atoms with Gasteiger partial charge in [-0.05, 0) is 18.9 Å². The number of hydrogen-bond donors (Lipinski definition) is 1. The summed E-state index contributed by atoms with van der Waals surface area (Å²) in [6.45, 7) is 2.76. The van der Waals surface area contributed by atoms with Gasteiger partial charge in [-0.1, -0.05) is 0 Å². The molecular weight excluding hydrogens is 318 g/mol. The standard InChI is InChI=1S/C17H25N7O/c1-22(2)16-10-15(18-12-19-16)20-13-6-8-24(9-7-13)11-14-4-5-17(25)23(3)21-14/h4-5,10,12-13H,6-9,11H2,1-3H3,(H,18,19,20). The van der Waals surface area contributed by atoms with Crippen LogP contribution in [-0.2, 0) is 13.6 Å². The number of likely N-dealkylation sites (tertiary alicyclic amines) is 1. The molecule has 0 atom stereocenters. The first-order valence-electron chi connectivity index (χ1n) is 8.53. The average molecular weight is 343 g/mol. The maximum absolute atomic E-state index is 11.4. The minimum atomic E-state index is -0.0754. The molecule has 0 saturated carbocycles. The summed E-state index contributed by atoms with van der Waals surface area (Å²) in [5, 5.41) is 7.82. The third-order valence-electron chi connectivity index (χ3n) is 4.45. The van der Waals surface area contributed by atoms with Gasteiger partial charge in [0.15, 0.2) is 0 Å². The molecule has 0 aromatic carbocycles. The molecular formula is C17H25N7O. The van der Waals surface area contributed by atoms with Gasteiger partial charge in [0.25, 0.3) is 5.56 Å². The molecule has 0 radical (unpaired) electrons. The lowest BCUT2D eigenvalue weighted by molar-refractivity contribution is 0.207. The zero-order valence-electron chi connectivity index (χ0n) is 15.0. The summed E-state index contributed by atoms with van der Waals surface area (Å²) < 4.78 is 1.39. The van der Waals surface area contributed by atoms with Crippen molar-refractivity contribution < 1.29 is 0 Å². The smallest absolute Gasteiger partial charge is 0.266 e. The predicted molar refractivity (Wildman–Crippen MR) is 97.8 cm³/mol. The van der Waals surface area contributed by atoms with Crippen LogP contribution in [0.2, 0.25) is 0 Å². The fraction of sp³-hybridized carbons (Fsp3) is 0.529. The summed E-state index contributed by atoms with van der Waals surface area (Å²) in [5.74, 6) is 1.77. The van der Waals surface area contributed by atoms with E-state index < -0.39 is 0 Å². The normalized spacial score (nSPS) is 16.0. The van der Waals surface area contributed by atoms with Crippen LogP contribution >= 0.6 is 0 Å². The van der Waals surface area contributed by atoms with Crippen molar-refractivity contribution in [1.29, 1.82) is 0 Å². The van der Waals surface area contributed by atoms with Crippen LogP contribution in [0.15, 0.2) is 29.3 Å². The Bertz CT molecular complexity index is 766. The van der Waals surface area contributed by atoms with Crippen LogP contribution in [0.1, 0.15) is 18.5 Å². The van der Waals surface area contributed by atoms with Crippen molar-refractivity contribution in [2.24, 2.45) is 7.05 Å². The lowest BCUT2D eigenvalue weighted by atomic mass is 10.0. The molecule has 0 bridgehead atoms. The summed E-state index contributed by atoms with van der Waals surface area (Å²) in [6.07, 6.45) is 3.69. The van der Waals surface area contributed by atoms with Gasteiger partial charge in [-0.3, -0.25) is 9.69 Å². The molecule has 0 unspecified atom stereocenters. The van der Waals surface area contributed by atoms with Crippen molar-refractivity contribution >= 4 is 11.6 Å². The van der Waals surface area contributed by atoms with Gasteiger partial charge in [-0.25, -0.2) is 14.6 Å². The van der Waals surface area contributed by atoms with Crippen molar-refractivity contribution in [3.8, 4) is 0 Å². The second kappa shape index (κ2) is 7.60. The Morgan fingerprint density at radius 1 is 1.24 bits per heavy atom. The summed E-state index contributed by atoms with van der Waals surface area (Å²) in [6, 6.07) is 5.78. The highest BCUT2D eigenvalue weighted by Crippen LogP contribution is 2.18. The average Bonchev–Trinajstić information content (AvgIpc) is 2.60. The van der Waals surface area contributed by atoms with E-state index in [2.05, 4.69) is 25.3 Å². The highest BCUT2D eigenvalue weighted by atomic mass is 16.1. The van der Waals surface area contributed by atoms with E-state index in [4.69, 9.17) is 0 Å². The molecule has 2 aromatic rings. The van der Waals surface area contributed by atoms with Crippen molar-refractivity contribution in [1.82, 2.24) is 24.6 Å². The molecule has 8 nitrogen and oxygen atoms in total. The number of aromatic nitrogens is 4. The Kier molecular flexibility index (Phi) is 5.28. The molecule has 2 aromatic heterocycles. The summed E-state index contributed by atoms with van der Waals surface area (Å²) in [7, 11) is 5.63. The summed E-state index contributed by atoms with van der Waals surface area (Å²) >= 11 is 0. The molecule has 25 heavy (non-hydrogen) atoms. The number of rotatable bonds is 5. The Morgan fingerprint density at radius 2 is 2.00 bits per heavy atom. The lowest BCUT2D eigenvalue weighted by Crippen LogP contribution is -2.39. The molecule has 1 saturated heterocycles. The van der Waals surface area contributed by atoms with E-state index in [0.717, 1.165) is 49.8 Å². The molecule has 0 aliphatic carbocycles. The lowest BCUT2D eigenvalue weighted by Gasteiger charge is -2.32. The van der Waals surface area contributed by atoms with Crippen molar-refractivity contribution in [3.63, 3.8) is 0 Å². The van der Waals surface area contributed by atoms with Crippen molar-refractivity contribution in [2.45, 2.75) is 25.4 Å². The van der Waals surface area contributed by atoms with Crippen LogP contribution in [0.5, 0.6) is 0 Å². The molecule has 0 amide bonds. The molecule has 1 N–H and O–H groups in total. The number of aryl methyl sites for hydroxylation is 1. The fourth-order valence-corrected chi connectivity index (χ4v) is 2.98. The van der Waals surface area contributed by atoms with Gasteiger partial charge >= 0.3 is 0 Å². The number of anilines is 2. The second-order valence-electron chi connectivity index (χ2n) is 6.64. The fourth-order valence-electron chi connectivity index (χ4n) is 2.98. The van der Waals surface area contributed by atoms with Crippen LogP contribution in [0, 0.1) is 0 Å². The van der Waals surface area contributed by atoms with E-state index in [1.807, 2.05) is 31.1 Å². The Hall–Kier alpha value is -2.48. The maximum Gasteiger partial charge on any atom is 0.266 e. The largest absolute Gasteiger partial charge is 0.367 e. The van der Waals surface area contributed by atoms with Crippen LogP contribution in [0.3, 0.4) is 0 Å². The zero-order chi connectivity index (χ0) is 17.8. The molecule has 134 valence electrons. The van der Waals surface area contributed by atoms with Crippen molar-refractivity contribution in [3.05, 3.63) is 40.6 Å². The summed E-state index contributed by atoms with van der Waals surface area (Å²) in [5.41, 5.74) is 0.855. The van der Waals surface area contributed by atoms with Gasteiger partial charge < -0.3 is 10.2 Å². The van der Waals surface area contributed by atoms with E-state index >= 15 is 0 Å². The van der Waals surface area contributed by atoms with Crippen LogP contribution < -0.4 is 15.8 Å². The van der Waals surface area contributed by atoms with Gasteiger partial charge in [0.1, 0.15) is 18.0 Å².